The Morgan fingerprint density at radius 1 is 1.59 bits per heavy atom. The summed E-state index contributed by atoms with van der Waals surface area (Å²) in [5.74, 6) is 0.243. The zero-order chi connectivity index (χ0) is 12.0. The van der Waals surface area contributed by atoms with Gasteiger partial charge in [0.1, 0.15) is 17.5 Å². The summed E-state index contributed by atoms with van der Waals surface area (Å²) >= 11 is 0. The third kappa shape index (κ3) is 1.39. The van der Waals surface area contributed by atoms with E-state index in [1.165, 1.54) is 0 Å². The first kappa shape index (κ1) is 9.89. The summed E-state index contributed by atoms with van der Waals surface area (Å²) in [7, 11) is 0. The van der Waals surface area contributed by atoms with Crippen LogP contribution in [0.25, 0.3) is 11.3 Å². The number of carbonyl (C=O) groups excluding carboxylic acids is 1. The Hall–Kier alpha value is -2.30. The monoisotopic (exact) mass is 229 g/mol. The summed E-state index contributed by atoms with van der Waals surface area (Å²) < 4.78 is 5.72. The number of carbonyl (C=O) groups is 1. The van der Waals surface area contributed by atoms with E-state index in [1.807, 2.05) is 13.0 Å². The van der Waals surface area contributed by atoms with Crippen LogP contribution >= 0.6 is 0 Å². The number of amides is 1. The van der Waals surface area contributed by atoms with E-state index in [0.717, 1.165) is 16.8 Å². The molecule has 3 N–H and O–H groups in total. The molecule has 2 aromatic heterocycles. The van der Waals surface area contributed by atoms with Crippen LogP contribution in [0.5, 0.6) is 5.75 Å². The normalized spacial score (nSPS) is 16.9. The Kier molecular flexibility index (Phi) is 1.95. The highest BCUT2D eigenvalue weighted by molar-refractivity contribution is 5.93. The van der Waals surface area contributed by atoms with Gasteiger partial charge in [-0.15, -0.1) is 0 Å². The maximum atomic E-state index is 11.2. The third-order valence-electron chi connectivity index (χ3n) is 2.91. The average molecular weight is 229 g/mol. The quantitative estimate of drug-likeness (QED) is 0.779. The molecule has 0 aliphatic carbocycles. The highest BCUT2D eigenvalue weighted by Gasteiger charge is 2.26. The van der Waals surface area contributed by atoms with Gasteiger partial charge >= 0.3 is 0 Å². The Bertz CT molecular complexity index is 604. The molecule has 17 heavy (non-hydrogen) atoms. The molecule has 5 nitrogen and oxygen atoms in total. The van der Waals surface area contributed by atoms with E-state index in [0.29, 0.717) is 11.4 Å². The van der Waals surface area contributed by atoms with Crippen LogP contribution in [0, 0.1) is 0 Å². The summed E-state index contributed by atoms with van der Waals surface area (Å²) in [4.78, 5) is 18.2. The maximum Gasteiger partial charge on any atom is 0.265 e. The van der Waals surface area contributed by atoms with Crippen molar-refractivity contribution >= 4 is 5.91 Å². The smallest absolute Gasteiger partial charge is 0.265 e. The van der Waals surface area contributed by atoms with Gasteiger partial charge in [0, 0.05) is 17.3 Å². The molecule has 1 amide bonds. The van der Waals surface area contributed by atoms with Crippen molar-refractivity contribution in [3.8, 4) is 17.0 Å². The highest BCUT2D eigenvalue weighted by atomic mass is 16.5. The van der Waals surface area contributed by atoms with Gasteiger partial charge in [-0.3, -0.25) is 9.78 Å². The van der Waals surface area contributed by atoms with Crippen molar-refractivity contribution in [1.82, 2.24) is 9.97 Å². The second-order valence-corrected chi connectivity index (χ2v) is 4.01. The van der Waals surface area contributed by atoms with Crippen LogP contribution in [0.3, 0.4) is 0 Å². The summed E-state index contributed by atoms with van der Waals surface area (Å²) in [6, 6.07) is 3.59. The largest absolute Gasteiger partial charge is 0.484 e. The number of ether oxygens (including phenoxy) is 1. The molecule has 0 saturated heterocycles. The zero-order valence-electron chi connectivity index (χ0n) is 9.23. The van der Waals surface area contributed by atoms with Crippen molar-refractivity contribution < 1.29 is 9.53 Å². The molecule has 0 saturated carbocycles. The molecule has 3 rings (SSSR count). The van der Waals surface area contributed by atoms with Crippen LogP contribution < -0.4 is 10.5 Å². The van der Waals surface area contributed by atoms with Crippen LogP contribution in [0.2, 0.25) is 0 Å². The number of nitrogens with zero attached hydrogens (tertiary/aromatic N) is 1. The Morgan fingerprint density at radius 2 is 2.41 bits per heavy atom. The molecular weight excluding hydrogens is 218 g/mol. The van der Waals surface area contributed by atoms with E-state index in [9.17, 15) is 4.79 Å². The number of H-pyrrole nitrogens is 1. The number of aromatic nitrogens is 2. The van der Waals surface area contributed by atoms with E-state index in [1.54, 1.807) is 18.5 Å². The van der Waals surface area contributed by atoms with Gasteiger partial charge in [0.05, 0.1) is 11.9 Å². The fourth-order valence-electron chi connectivity index (χ4n) is 2.08. The molecule has 0 spiro atoms. The molecule has 0 bridgehead atoms. The topological polar surface area (TPSA) is 81.0 Å². The number of pyridine rings is 1. The number of primary amides is 1. The van der Waals surface area contributed by atoms with Gasteiger partial charge < -0.3 is 15.5 Å². The SMILES string of the molecule is C[C@@H]1Oc2cnccc2-c2[nH]c(C(N)=O)cc21. The molecule has 0 radical (unpaired) electrons. The third-order valence-corrected chi connectivity index (χ3v) is 2.91. The van der Waals surface area contributed by atoms with E-state index >= 15 is 0 Å². The minimum atomic E-state index is -0.470. The van der Waals surface area contributed by atoms with Gasteiger partial charge in [0.15, 0.2) is 0 Å². The van der Waals surface area contributed by atoms with Gasteiger partial charge in [0.25, 0.3) is 5.91 Å². The number of nitrogens with two attached hydrogens (primary N) is 1. The predicted octanol–water partition coefficient (Wildman–Crippen LogP) is 1.63. The van der Waals surface area contributed by atoms with Crippen molar-refractivity contribution in [2.45, 2.75) is 13.0 Å². The van der Waals surface area contributed by atoms with Gasteiger partial charge in [0.2, 0.25) is 0 Å². The lowest BCUT2D eigenvalue weighted by atomic mass is 10.0. The molecule has 0 fully saturated rings. The summed E-state index contributed by atoms with van der Waals surface area (Å²) in [6.07, 6.45) is 3.23. The molecule has 1 atom stereocenters. The van der Waals surface area contributed by atoms with Crippen LogP contribution in [-0.4, -0.2) is 15.9 Å². The minimum Gasteiger partial charge on any atom is -0.484 e. The average Bonchev–Trinajstić information content (AvgIpc) is 2.75. The first-order valence-electron chi connectivity index (χ1n) is 5.30. The molecule has 5 heteroatoms. The number of hydrogen-bond donors (Lipinski definition) is 2. The van der Waals surface area contributed by atoms with Gasteiger partial charge in [-0.1, -0.05) is 0 Å². The fraction of sp³-hybridized carbons (Fsp3) is 0.167. The lowest BCUT2D eigenvalue weighted by Gasteiger charge is -2.22. The van der Waals surface area contributed by atoms with Crippen LogP contribution in [-0.2, 0) is 0 Å². The Morgan fingerprint density at radius 3 is 3.18 bits per heavy atom. The van der Waals surface area contributed by atoms with Crippen LogP contribution in [0.15, 0.2) is 24.5 Å². The lowest BCUT2D eigenvalue weighted by molar-refractivity contribution is 0.0996. The molecule has 0 aromatic carbocycles. The van der Waals surface area contributed by atoms with E-state index in [-0.39, 0.29) is 6.10 Å². The van der Waals surface area contributed by atoms with Crippen LogP contribution in [0.1, 0.15) is 29.1 Å². The molecule has 0 unspecified atom stereocenters. The molecule has 3 heterocycles. The summed E-state index contributed by atoms with van der Waals surface area (Å²) in [5, 5.41) is 0. The first-order valence-corrected chi connectivity index (χ1v) is 5.30. The molecule has 1 aliphatic rings. The molecular formula is C12H11N3O2. The predicted molar refractivity (Wildman–Crippen MR) is 61.6 cm³/mol. The van der Waals surface area contributed by atoms with Crippen molar-refractivity contribution in [2.24, 2.45) is 5.73 Å². The number of nitrogens with one attached hydrogen (secondary N) is 1. The van der Waals surface area contributed by atoms with Gasteiger partial charge in [-0.05, 0) is 19.1 Å². The fourth-order valence-corrected chi connectivity index (χ4v) is 2.08. The second kappa shape index (κ2) is 3.35. The zero-order valence-corrected chi connectivity index (χ0v) is 9.23. The highest BCUT2D eigenvalue weighted by Crippen LogP contribution is 2.41. The van der Waals surface area contributed by atoms with Crippen LogP contribution in [0.4, 0.5) is 0 Å². The second-order valence-electron chi connectivity index (χ2n) is 4.01. The molecule has 86 valence electrons. The number of hydrogen-bond acceptors (Lipinski definition) is 3. The van der Waals surface area contributed by atoms with Crippen molar-refractivity contribution in [1.29, 1.82) is 0 Å². The van der Waals surface area contributed by atoms with Crippen molar-refractivity contribution in [3.63, 3.8) is 0 Å². The number of fused-ring (bicyclic) bond motifs is 3. The van der Waals surface area contributed by atoms with E-state index in [4.69, 9.17) is 10.5 Å². The van der Waals surface area contributed by atoms with Crippen molar-refractivity contribution in [3.05, 3.63) is 35.8 Å². The van der Waals surface area contributed by atoms with E-state index in [2.05, 4.69) is 9.97 Å². The standard InChI is InChI=1S/C12H11N3O2/c1-6-8-4-9(12(13)16)15-11(8)7-2-3-14-5-10(7)17-6/h2-6,15H,1H3,(H2,13,16)/t6-/m0/s1. The maximum absolute atomic E-state index is 11.2. The minimum absolute atomic E-state index is 0.119. The van der Waals surface area contributed by atoms with E-state index < -0.39 is 5.91 Å². The molecule has 1 aliphatic heterocycles. The lowest BCUT2D eigenvalue weighted by Crippen LogP contribution is -2.10. The first-order chi connectivity index (χ1) is 8.16. The Balaban J connectivity index is 2.24. The summed E-state index contributed by atoms with van der Waals surface area (Å²) in [5.41, 5.74) is 8.40. The van der Waals surface area contributed by atoms with Gasteiger partial charge in [-0.25, -0.2) is 0 Å². The summed E-state index contributed by atoms with van der Waals surface area (Å²) in [6.45, 7) is 1.92. The number of aromatic amines is 1. The molecule has 2 aromatic rings. The van der Waals surface area contributed by atoms with Crippen molar-refractivity contribution in [2.75, 3.05) is 0 Å². The Labute approximate surface area is 97.6 Å². The van der Waals surface area contributed by atoms with Gasteiger partial charge in [-0.2, -0.15) is 0 Å². The number of rotatable bonds is 1.